The molecular weight excluding hydrogens is 396 g/mol. The molecule has 1 aromatic carbocycles. The Labute approximate surface area is 166 Å². The smallest absolute Gasteiger partial charge is 0.234 e. The van der Waals surface area contributed by atoms with Gasteiger partial charge in [-0.25, -0.2) is 8.42 Å². The number of sulfonamides is 1. The van der Waals surface area contributed by atoms with Gasteiger partial charge in [-0.1, -0.05) is 12.1 Å². The number of aromatic nitrogens is 4. The van der Waals surface area contributed by atoms with E-state index < -0.39 is 10.0 Å². The molecule has 3 aromatic rings. The van der Waals surface area contributed by atoms with Gasteiger partial charge in [-0.2, -0.15) is 9.61 Å². The minimum absolute atomic E-state index is 0.145. The number of nitrogens with zero attached hydrogens (tertiary/aromatic N) is 5. The molecule has 10 nitrogen and oxygen atoms in total. The van der Waals surface area contributed by atoms with Gasteiger partial charge in [-0.05, 0) is 30.7 Å². The van der Waals surface area contributed by atoms with E-state index in [0.29, 0.717) is 23.4 Å². The number of rotatable bonds is 6. The molecule has 0 saturated carbocycles. The van der Waals surface area contributed by atoms with E-state index in [9.17, 15) is 18.0 Å². The summed E-state index contributed by atoms with van der Waals surface area (Å²) in [6.07, 6.45) is 2.56. The number of amides is 2. The largest absolute Gasteiger partial charge is 0.284 e. The number of likely N-dealkylation sites (tertiary alicyclic amines) is 1. The second kappa shape index (κ2) is 7.59. The first-order valence-electron chi connectivity index (χ1n) is 9.02. The highest BCUT2D eigenvalue weighted by atomic mass is 32.2. The van der Waals surface area contributed by atoms with E-state index in [1.807, 2.05) is 0 Å². The predicted molar refractivity (Wildman–Crippen MR) is 104 cm³/mol. The average Bonchev–Trinajstić information content (AvgIpc) is 3.15. The topological polar surface area (TPSA) is 127 Å². The first-order chi connectivity index (χ1) is 13.9. The van der Waals surface area contributed by atoms with Crippen LogP contribution in [0.15, 0.2) is 42.7 Å². The molecule has 0 atom stereocenters. The molecule has 1 fully saturated rings. The van der Waals surface area contributed by atoms with E-state index in [1.54, 1.807) is 40.9 Å². The molecule has 1 N–H and O–H groups in total. The van der Waals surface area contributed by atoms with E-state index in [4.69, 9.17) is 0 Å². The van der Waals surface area contributed by atoms with E-state index in [0.717, 1.165) is 10.5 Å². The van der Waals surface area contributed by atoms with Gasteiger partial charge in [-0.3, -0.25) is 19.2 Å². The van der Waals surface area contributed by atoms with Gasteiger partial charge in [0.2, 0.25) is 21.8 Å². The van der Waals surface area contributed by atoms with Crippen LogP contribution in [-0.4, -0.2) is 57.2 Å². The summed E-state index contributed by atoms with van der Waals surface area (Å²) < 4.78 is 28.7. The van der Waals surface area contributed by atoms with E-state index >= 15 is 0 Å². The lowest BCUT2D eigenvalue weighted by molar-refractivity contribution is -0.147. The SMILES string of the molecule is O=C1CCCC(=O)N1CCS(=O)(=O)Nc1ccc(-c2ccc3nncn3n2)cc1. The Balaban J connectivity index is 1.42. The maximum absolute atomic E-state index is 12.3. The first kappa shape index (κ1) is 19.0. The third-order valence-electron chi connectivity index (χ3n) is 4.58. The zero-order chi connectivity index (χ0) is 20.4. The number of piperidine rings is 1. The predicted octanol–water partition coefficient (Wildman–Crippen LogP) is 1.07. The van der Waals surface area contributed by atoms with Gasteiger partial charge < -0.3 is 0 Å². The third-order valence-corrected chi connectivity index (χ3v) is 5.85. The summed E-state index contributed by atoms with van der Waals surface area (Å²) in [4.78, 5) is 24.6. The van der Waals surface area contributed by atoms with Crippen molar-refractivity contribution in [1.29, 1.82) is 0 Å². The van der Waals surface area contributed by atoms with Crippen LogP contribution in [0.2, 0.25) is 0 Å². The van der Waals surface area contributed by atoms with Gasteiger partial charge in [0, 0.05) is 30.6 Å². The Bertz CT molecular complexity index is 1160. The number of hydrogen-bond donors (Lipinski definition) is 1. The number of fused-ring (bicyclic) bond motifs is 1. The van der Waals surface area contributed by atoms with Gasteiger partial charge >= 0.3 is 0 Å². The Morgan fingerprint density at radius 3 is 2.45 bits per heavy atom. The highest BCUT2D eigenvalue weighted by Crippen LogP contribution is 2.20. The van der Waals surface area contributed by atoms with Gasteiger partial charge in [0.05, 0.1) is 11.4 Å². The minimum atomic E-state index is -3.71. The van der Waals surface area contributed by atoms with Crippen molar-refractivity contribution in [1.82, 2.24) is 24.7 Å². The Morgan fingerprint density at radius 1 is 1.00 bits per heavy atom. The van der Waals surface area contributed by atoms with Crippen LogP contribution in [0, 0.1) is 0 Å². The van der Waals surface area contributed by atoms with Gasteiger partial charge in [0.15, 0.2) is 5.65 Å². The van der Waals surface area contributed by atoms with Gasteiger partial charge in [0.1, 0.15) is 6.33 Å². The van der Waals surface area contributed by atoms with Crippen LogP contribution < -0.4 is 4.72 Å². The highest BCUT2D eigenvalue weighted by Gasteiger charge is 2.27. The lowest BCUT2D eigenvalue weighted by atomic mass is 10.1. The normalized spacial score (nSPS) is 15.1. The van der Waals surface area contributed by atoms with E-state index in [1.165, 1.54) is 6.33 Å². The monoisotopic (exact) mass is 414 g/mol. The summed E-state index contributed by atoms with van der Waals surface area (Å²) in [7, 11) is -3.71. The molecule has 0 aliphatic carbocycles. The number of anilines is 1. The Hall–Kier alpha value is -3.34. The number of imide groups is 1. The van der Waals surface area contributed by atoms with Crippen molar-refractivity contribution in [3.05, 3.63) is 42.7 Å². The van der Waals surface area contributed by atoms with Crippen molar-refractivity contribution in [3.8, 4) is 11.3 Å². The van der Waals surface area contributed by atoms with Crippen LogP contribution in [0.3, 0.4) is 0 Å². The van der Waals surface area contributed by atoms with Crippen molar-refractivity contribution in [2.24, 2.45) is 0 Å². The molecule has 2 amide bonds. The molecule has 1 saturated heterocycles. The van der Waals surface area contributed by atoms with Crippen LogP contribution in [0.4, 0.5) is 5.69 Å². The van der Waals surface area contributed by atoms with Crippen molar-refractivity contribution in [3.63, 3.8) is 0 Å². The quantitative estimate of drug-likeness (QED) is 0.598. The van der Waals surface area contributed by atoms with Gasteiger partial charge in [-0.15, -0.1) is 10.2 Å². The number of carbonyl (C=O) groups excluding carboxylic acids is 2. The number of carbonyl (C=O) groups is 2. The molecule has 1 aliphatic heterocycles. The lowest BCUT2D eigenvalue weighted by Gasteiger charge is -2.24. The molecule has 0 spiro atoms. The second-order valence-electron chi connectivity index (χ2n) is 6.64. The van der Waals surface area contributed by atoms with Crippen LogP contribution in [0.5, 0.6) is 0 Å². The zero-order valence-corrected chi connectivity index (χ0v) is 16.2. The summed E-state index contributed by atoms with van der Waals surface area (Å²) >= 11 is 0. The number of benzene rings is 1. The molecule has 3 heterocycles. The fourth-order valence-electron chi connectivity index (χ4n) is 3.08. The molecule has 2 aromatic heterocycles. The maximum Gasteiger partial charge on any atom is 0.234 e. The fourth-order valence-corrected chi connectivity index (χ4v) is 4.10. The van der Waals surface area contributed by atoms with E-state index in [2.05, 4.69) is 20.0 Å². The summed E-state index contributed by atoms with van der Waals surface area (Å²) in [6.45, 7) is -0.145. The maximum atomic E-state index is 12.3. The molecule has 1 aliphatic rings. The van der Waals surface area contributed by atoms with Crippen LogP contribution in [0.25, 0.3) is 16.9 Å². The summed E-state index contributed by atoms with van der Waals surface area (Å²) in [5, 5.41) is 12.1. The van der Waals surface area contributed by atoms with Crippen LogP contribution in [-0.2, 0) is 19.6 Å². The summed E-state index contributed by atoms with van der Waals surface area (Å²) in [5.74, 6) is -0.991. The van der Waals surface area contributed by atoms with Gasteiger partial charge in [0.25, 0.3) is 0 Å². The van der Waals surface area contributed by atoms with Crippen molar-refractivity contribution < 1.29 is 18.0 Å². The molecule has 0 unspecified atom stereocenters. The molecule has 29 heavy (non-hydrogen) atoms. The standard InChI is InChI=1S/C18H18N6O4S/c25-17-2-1-3-18(26)23(17)10-11-29(27,28)22-14-6-4-13(5-7-14)15-8-9-16-20-19-12-24(16)21-15/h4-9,12,22H,1-3,10-11H2. The average molecular weight is 414 g/mol. The van der Waals surface area contributed by atoms with Crippen LogP contribution in [0.1, 0.15) is 19.3 Å². The molecule has 11 heteroatoms. The Kier molecular flexibility index (Phi) is 4.97. The molecule has 0 radical (unpaired) electrons. The molecule has 0 bridgehead atoms. The second-order valence-corrected chi connectivity index (χ2v) is 8.49. The minimum Gasteiger partial charge on any atom is -0.284 e. The molecular formula is C18H18N6O4S. The zero-order valence-electron chi connectivity index (χ0n) is 15.4. The lowest BCUT2D eigenvalue weighted by Crippen LogP contribution is -2.43. The van der Waals surface area contributed by atoms with Crippen molar-refractivity contribution in [2.45, 2.75) is 19.3 Å². The van der Waals surface area contributed by atoms with Crippen molar-refractivity contribution in [2.75, 3.05) is 17.0 Å². The summed E-state index contributed by atoms with van der Waals surface area (Å²) in [6, 6.07) is 10.3. The first-order valence-corrected chi connectivity index (χ1v) is 10.7. The molecule has 150 valence electrons. The molecule has 4 rings (SSSR count). The van der Waals surface area contributed by atoms with Crippen LogP contribution >= 0.6 is 0 Å². The van der Waals surface area contributed by atoms with Crippen molar-refractivity contribution >= 4 is 33.2 Å². The summed E-state index contributed by atoms with van der Waals surface area (Å²) in [5.41, 5.74) is 2.50. The number of nitrogens with one attached hydrogen (secondary N) is 1. The highest BCUT2D eigenvalue weighted by molar-refractivity contribution is 7.92. The number of hydrogen-bond acceptors (Lipinski definition) is 7. The third kappa shape index (κ3) is 4.24. The van der Waals surface area contributed by atoms with E-state index in [-0.39, 0.29) is 37.0 Å². The fraction of sp³-hybridized carbons (Fsp3) is 0.278. The Morgan fingerprint density at radius 2 is 1.72 bits per heavy atom.